The second kappa shape index (κ2) is 7.08. The van der Waals surface area contributed by atoms with Gasteiger partial charge >= 0.3 is 11.9 Å². The van der Waals surface area contributed by atoms with E-state index >= 15 is 0 Å². The van der Waals surface area contributed by atoms with Gasteiger partial charge in [0.25, 0.3) is 0 Å². The van der Waals surface area contributed by atoms with Crippen LogP contribution in [0.2, 0.25) is 0 Å². The van der Waals surface area contributed by atoms with Crippen LogP contribution in [0, 0.1) is 5.92 Å². The number of esters is 2. The van der Waals surface area contributed by atoms with Crippen LogP contribution in [0.1, 0.15) is 33.1 Å². The Labute approximate surface area is 140 Å². The maximum atomic E-state index is 12.3. The zero-order valence-corrected chi connectivity index (χ0v) is 14.0. The summed E-state index contributed by atoms with van der Waals surface area (Å²) in [4.78, 5) is 24.6. The van der Waals surface area contributed by atoms with Crippen LogP contribution in [0.5, 0.6) is 0 Å². The molecule has 8 nitrogen and oxygen atoms in total. The number of rotatable bonds is 5. The molecular formula is C16H25NO7. The molecule has 1 saturated carbocycles. The maximum absolute atomic E-state index is 12.3. The quantitative estimate of drug-likeness (QED) is 0.576. The number of hydrogen-bond acceptors (Lipinski definition) is 8. The Morgan fingerprint density at radius 2 is 1.71 bits per heavy atom. The molecule has 2 aliphatic rings. The average Bonchev–Trinajstić information content (AvgIpc) is 3.07. The van der Waals surface area contributed by atoms with Gasteiger partial charge in [0.15, 0.2) is 11.2 Å². The molecule has 8 heteroatoms. The standard InChI is InChI=1S/C16H25NO7/c1-3-22-13(18)15(20)8-10(11-6-5-7-24-11)9-16(21,12(15)17)14(19)23-4-2/h6,10,12,20-21H,3-5,7-9,17H2,1-2H3/t10?,12?,15-,16+. The fraction of sp³-hybridized carbons (Fsp3) is 0.750. The van der Waals surface area contributed by atoms with Crippen LogP contribution in [0.4, 0.5) is 0 Å². The molecule has 1 fully saturated rings. The molecule has 1 heterocycles. The van der Waals surface area contributed by atoms with E-state index in [1.54, 1.807) is 13.8 Å². The van der Waals surface area contributed by atoms with Crippen molar-refractivity contribution in [1.82, 2.24) is 0 Å². The summed E-state index contributed by atoms with van der Waals surface area (Å²) in [5.41, 5.74) is 1.52. The summed E-state index contributed by atoms with van der Waals surface area (Å²) in [6, 6.07) is -1.57. The predicted octanol–water partition coefficient (Wildman–Crippen LogP) is -0.384. The minimum absolute atomic E-state index is 0.0373. The Morgan fingerprint density at radius 3 is 2.08 bits per heavy atom. The monoisotopic (exact) mass is 343 g/mol. The van der Waals surface area contributed by atoms with Crippen LogP contribution in [-0.2, 0) is 23.8 Å². The van der Waals surface area contributed by atoms with E-state index in [4.69, 9.17) is 19.9 Å². The van der Waals surface area contributed by atoms with E-state index in [1.807, 2.05) is 6.08 Å². The first kappa shape index (κ1) is 18.7. The smallest absolute Gasteiger partial charge is 0.339 e. The summed E-state index contributed by atoms with van der Waals surface area (Å²) in [7, 11) is 0. The van der Waals surface area contributed by atoms with Crippen LogP contribution in [0.25, 0.3) is 0 Å². The summed E-state index contributed by atoms with van der Waals surface area (Å²) in [5.74, 6) is -1.95. The molecule has 4 N–H and O–H groups in total. The van der Waals surface area contributed by atoms with Gasteiger partial charge in [0.2, 0.25) is 0 Å². The van der Waals surface area contributed by atoms with Crippen molar-refractivity contribution in [3.05, 3.63) is 11.8 Å². The molecule has 2 rings (SSSR count). The van der Waals surface area contributed by atoms with Crippen molar-refractivity contribution in [2.45, 2.75) is 50.4 Å². The van der Waals surface area contributed by atoms with Crippen molar-refractivity contribution < 1.29 is 34.0 Å². The zero-order valence-electron chi connectivity index (χ0n) is 14.0. The first-order valence-corrected chi connectivity index (χ1v) is 8.17. The lowest BCUT2D eigenvalue weighted by Gasteiger charge is -2.47. The van der Waals surface area contributed by atoms with Crippen LogP contribution in [0.15, 0.2) is 11.8 Å². The molecule has 0 saturated heterocycles. The normalized spacial score (nSPS) is 35.8. The Morgan fingerprint density at radius 1 is 1.21 bits per heavy atom. The Hall–Kier alpha value is -1.64. The second-order valence-corrected chi connectivity index (χ2v) is 6.12. The van der Waals surface area contributed by atoms with Crippen molar-refractivity contribution in [1.29, 1.82) is 0 Å². The highest BCUT2D eigenvalue weighted by Crippen LogP contribution is 2.43. The Bertz CT molecular complexity index is 501. The highest BCUT2D eigenvalue weighted by molar-refractivity contribution is 5.87. The van der Waals surface area contributed by atoms with Gasteiger partial charge in [-0.1, -0.05) is 0 Å². The summed E-state index contributed by atoms with van der Waals surface area (Å²) < 4.78 is 15.3. The largest absolute Gasteiger partial charge is 0.498 e. The van der Waals surface area contributed by atoms with Crippen molar-refractivity contribution in [2.24, 2.45) is 11.7 Å². The number of nitrogens with two attached hydrogens (primary N) is 1. The molecule has 1 aliphatic carbocycles. The number of hydrogen-bond donors (Lipinski definition) is 3. The van der Waals surface area contributed by atoms with Crippen LogP contribution < -0.4 is 5.73 Å². The van der Waals surface area contributed by atoms with Gasteiger partial charge in [-0.05, 0) is 32.8 Å². The molecule has 0 aromatic carbocycles. The van der Waals surface area contributed by atoms with E-state index in [-0.39, 0.29) is 26.1 Å². The lowest BCUT2D eigenvalue weighted by atomic mass is 9.65. The lowest BCUT2D eigenvalue weighted by molar-refractivity contribution is -0.201. The van der Waals surface area contributed by atoms with E-state index in [0.29, 0.717) is 18.8 Å². The van der Waals surface area contributed by atoms with Gasteiger partial charge in [0.1, 0.15) is 0 Å². The minimum Gasteiger partial charge on any atom is -0.498 e. The lowest BCUT2D eigenvalue weighted by Crippen LogP contribution is -2.72. The van der Waals surface area contributed by atoms with Gasteiger partial charge in [-0.15, -0.1) is 0 Å². The van der Waals surface area contributed by atoms with Gasteiger partial charge in [-0.3, -0.25) is 0 Å². The average molecular weight is 343 g/mol. The number of carbonyl (C=O) groups is 2. The molecule has 0 amide bonds. The number of carbonyl (C=O) groups excluding carboxylic acids is 2. The van der Waals surface area contributed by atoms with Gasteiger partial charge in [0, 0.05) is 12.3 Å². The van der Waals surface area contributed by atoms with Crippen LogP contribution >= 0.6 is 0 Å². The summed E-state index contributed by atoms with van der Waals surface area (Å²) in [6.45, 7) is 3.74. The van der Waals surface area contributed by atoms with E-state index < -0.39 is 35.1 Å². The van der Waals surface area contributed by atoms with Crippen molar-refractivity contribution in [2.75, 3.05) is 19.8 Å². The van der Waals surface area contributed by atoms with Gasteiger partial charge in [0.05, 0.1) is 31.6 Å². The Kier molecular flexibility index (Phi) is 5.52. The molecule has 0 aromatic heterocycles. The summed E-state index contributed by atoms with van der Waals surface area (Å²) >= 11 is 0. The molecule has 0 bridgehead atoms. The zero-order chi connectivity index (χ0) is 18.0. The highest BCUT2D eigenvalue weighted by atomic mass is 16.6. The molecule has 24 heavy (non-hydrogen) atoms. The molecule has 2 unspecified atom stereocenters. The third-order valence-electron chi connectivity index (χ3n) is 4.54. The molecule has 1 aliphatic heterocycles. The van der Waals surface area contributed by atoms with Gasteiger partial charge < -0.3 is 30.2 Å². The third kappa shape index (κ3) is 3.13. The van der Waals surface area contributed by atoms with Gasteiger partial charge in [-0.25, -0.2) is 9.59 Å². The molecular weight excluding hydrogens is 318 g/mol. The molecule has 0 spiro atoms. The van der Waals surface area contributed by atoms with E-state index in [2.05, 4.69) is 0 Å². The predicted molar refractivity (Wildman–Crippen MR) is 82.5 cm³/mol. The number of aliphatic hydroxyl groups is 2. The minimum atomic E-state index is -2.22. The summed E-state index contributed by atoms with van der Waals surface area (Å²) in [6.07, 6.45) is 2.31. The van der Waals surface area contributed by atoms with Gasteiger partial charge in [-0.2, -0.15) is 0 Å². The fourth-order valence-corrected chi connectivity index (χ4v) is 3.33. The van der Waals surface area contributed by atoms with Crippen LogP contribution in [-0.4, -0.2) is 59.2 Å². The van der Waals surface area contributed by atoms with E-state index in [1.165, 1.54) is 0 Å². The molecule has 0 aromatic rings. The number of ether oxygens (including phenoxy) is 3. The first-order chi connectivity index (χ1) is 11.3. The molecule has 136 valence electrons. The SMILES string of the molecule is CCOC(=O)[C@]1(O)CC(C2=CCCO2)C[C@](O)(C(=O)OCC)C1N. The molecule has 0 radical (unpaired) electrons. The van der Waals surface area contributed by atoms with Crippen molar-refractivity contribution in [3.8, 4) is 0 Å². The second-order valence-electron chi connectivity index (χ2n) is 6.12. The van der Waals surface area contributed by atoms with Crippen molar-refractivity contribution in [3.63, 3.8) is 0 Å². The summed E-state index contributed by atoms with van der Waals surface area (Å²) in [5, 5.41) is 21.7. The topological polar surface area (TPSA) is 128 Å². The van der Waals surface area contributed by atoms with E-state index in [0.717, 1.165) is 0 Å². The third-order valence-corrected chi connectivity index (χ3v) is 4.54. The van der Waals surface area contributed by atoms with Crippen molar-refractivity contribution >= 4 is 11.9 Å². The highest BCUT2D eigenvalue weighted by Gasteiger charge is 2.63. The number of allylic oxidation sites excluding steroid dienone is 1. The maximum Gasteiger partial charge on any atom is 0.339 e. The fourth-order valence-electron chi connectivity index (χ4n) is 3.33. The first-order valence-electron chi connectivity index (χ1n) is 8.17. The van der Waals surface area contributed by atoms with E-state index in [9.17, 15) is 19.8 Å². The Balaban J connectivity index is 2.39. The molecule has 4 atom stereocenters. The van der Waals surface area contributed by atoms with Crippen LogP contribution in [0.3, 0.4) is 0 Å².